The van der Waals surface area contributed by atoms with Crippen LogP contribution >= 0.6 is 0 Å². The van der Waals surface area contributed by atoms with E-state index in [-0.39, 0.29) is 17.7 Å². The van der Waals surface area contributed by atoms with E-state index in [0.717, 1.165) is 64.3 Å². The average Bonchev–Trinajstić information content (AvgIpc) is 3.72. The molecule has 0 atom stereocenters. The second kappa shape index (κ2) is 15.4. The molecule has 6 rings (SSSR count). The van der Waals surface area contributed by atoms with Crippen LogP contribution in [0, 0.1) is 13.8 Å². The van der Waals surface area contributed by atoms with Gasteiger partial charge < -0.3 is 20.9 Å². The van der Waals surface area contributed by atoms with Crippen LogP contribution in [0.5, 0.6) is 0 Å². The smallest absolute Gasteiger partial charge is 0.255 e. The maximum Gasteiger partial charge on any atom is 0.255 e. The van der Waals surface area contributed by atoms with Crippen molar-refractivity contribution in [2.75, 3.05) is 33.9 Å². The zero-order valence-corrected chi connectivity index (χ0v) is 28.4. The second-order valence-corrected chi connectivity index (χ2v) is 12.1. The molecule has 0 aliphatic carbocycles. The van der Waals surface area contributed by atoms with Crippen molar-refractivity contribution in [1.29, 1.82) is 0 Å². The van der Waals surface area contributed by atoms with E-state index in [1.165, 1.54) is 5.56 Å². The Morgan fingerprint density at radius 1 is 0.729 bits per heavy atom. The van der Waals surface area contributed by atoms with Gasteiger partial charge in [0.05, 0.1) is 0 Å². The number of fused-ring (bicyclic) bond motifs is 2. The van der Waals surface area contributed by atoms with E-state index in [1.54, 1.807) is 0 Å². The molecule has 2 aliphatic rings. The lowest BCUT2D eigenvalue weighted by Gasteiger charge is -2.17. The molecule has 0 aromatic heterocycles. The highest BCUT2D eigenvalue weighted by molar-refractivity contribution is 6.06. The summed E-state index contributed by atoms with van der Waals surface area (Å²) in [5.41, 5.74) is 11.5. The zero-order chi connectivity index (χ0) is 34.2. The van der Waals surface area contributed by atoms with Crippen LogP contribution in [-0.2, 0) is 17.6 Å². The summed E-state index contributed by atoms with van der Waals surface area (Å²) in [7, 11) is 0. The Labute approximate surface area is 283 Å². The maximum atomic E-state index is 12.7. The molecule has 0 radical (unpaired) electrons. The summed E-state index contributed by atoms with van der Waals surface area (Å²) in [6.45, 7) is 11.4. The third-order valence-electron chi connectivity index (χ3n) is 8.63. The SMILES string of the molecule is C/C=C/c1ccc(C(=O)Nc2ccc3c(c2)N(C(=O)CC)CC3)c(C)c1.C/C=C/c1ccc(C(=O)Nc2ccc3c(c2)NCC3)c(C)c1. The van der Waals surface area contributed by atoms with Gasteiger partial charge in [0, 0.05) is 53.4 Å². The third kappa shape index (κ3) is 7.92. The van der Waals surface area contributed by atoms with E-state index in [9.17, 15) is 14.4 Å². The van der Waals surface area contributed by atoms with Crippen LogP contribution in [0.4, 0.5) is 22.7 Å². The van der Waals surface area contributed by atoms with Crippen molar-refractivity contribution in [3.8, 4) is 0 Å². The number of carbonyl (C=O) groups excluding carboxylic acids is 3. The average molecular weight is 641 g/mol. The van der Waals surface area contributed by atoms with E-state index in [0.29, 0.717) is 29.8 Å². The predicted octanol–water partition coefficient (Wildman–Crippen LogP) is 8.83. The Morgan fingerprint density at radius 2 is 1.29 bits per heavy atom. The van der Waals surface area contributed by atoms with Gasteiger partial charge in [-0.15, -0.1) is 0 Å². The van der Waals surface area contributed by atoms with E-state index in [1.807, 2.05) is 131 Å². The summed E-state index contributed by atoms with van der Waals surface area (Å²) in [5, 5.41) is 9.27. The minimum absolute atomic E-state index is 0.0672. The molecule has 0 saturated heterocycles. The number of nitrogens with zero attached hydrogens (tertiary/aromatic N) is 1. The monoisotopic (exact) mass is 640 g/mol. The van der Waals surface area contributed by atoms with E-state index >= 15 is 0 Å². The van der Waals surface area contributed by atoms with Crippen LogP contribution in [-0.4, -0.2) is 30.8 Å². The molecule has 0 bridgehead atoms. The van der Waals surface area contributed by atoms with Gasteiger partial charge in [-0.3, -0.25) is 14.4 Å². The van der Waals surface area contributed by atoms with Crippen LogP contribution in [0.2, 0.25) is 0 Å². The maximum absolute atomic E-state index is 12.7. The van der Waals surface area contributed by atoms with Crippen molar-refractivity contribution < 1.29 is 14.4 Å². The number of allylic oxidation sites excluding steroid dienone is 2. The normalized spacial score (nSPS) is 13.1. The first-order chi connectivity index (χ1) is 23.2. The van der Waals surface area contributed by atoms with Crippen LogP contribution in [0.25, 0.3) is 12.2 Å². The lowest BCUT2D eigenvalue weighted by molar-refractivity contribution is -0.118. The Hall–Kier alpha value is -5.43. The van der Waals surface area contributed by atoms with E-state index in [2.05, 4.69) is 22.0 Å². The number of hydrogen-bond donors (Lipinski definition) is 3. The van der Waals surface area contributed by atoms with Crippen LogP contribution in [0.15, 0.2) is 84.9 Å². The number of rotatable bonds is 7. The Bertz CT molecular complexity index is 1910. The molecule has 48 heavy (non-hydrogen) atoms. The van der Waals surface area contributed by atoms with E-state index in [4.69, 9.17) is 0 Å². The molecule has 0 spiro atoms. The fourth-order valence-corrected chi connectivity index (χ4v) is 6.15. The quantitative estimate of drug-likeness (QED) is 0.188. The highest BCUT2D eigenvalue weighted by Gasteiger charge is 2.24. The van der Waals surface area contributed by atoms with Gasteiger partial charge in [0.2, 0.25) is 5.91 Å². The first-order valence-corrected chi connectivity index (χ1v) is 16.6. The topological polar surface area (TPSA) is 90.5 Å². The lowest BCUT2D eigenvalue weighted by atomic mass is 10.0. The second-order valence-electron chi connectivity index (χ2n) is 12.1. The van der Waals surface area contributed by atoms with Gasteiger partial charge in [0.15, 0.2) is 0 Å². The molecular weight excluding hydrogens is 596 g/mol. The minimum Gasteiger partial charge on any atom is -0.384 e. The summed E-state index contributed by atoms with van der Waals surface area (Å²) in [5.74, 6) is -0.0917. The molecule has 7 heteroatoms. The largest absolute Gasteiger partial charge is 0.384 e. The summed E-state index contributed by atoms with van der Waals surface area (Å²) in [4.78, 5) is 39.0. The van der Waals surface area contributed by atoms with Gasteiger partial charge in [0.1, 0.15) is 0 Å². The molecule has 3 N–H and O–H groups in total. The zero-order valence-electron chi connectivity index (χ0n) is 28.4. The molecule has 0 fully saturated rings. The van der Waals surface area contributed by atoms with Gasteiger partial charge in [-0.2, -0.15) is 0 Å². The Kier molecular flexibility index (Phi) is 10.9. The molecule has 4 aromatic rings. The molecule has 246 valence electrons. The molecule has 7 nitrogen and oxygen atoms in total. The summed E-state index contributed by atoms with van der Waals surface area (Å²) in [6, 6.07) is 23.5. The van der Waals surface area contributed by atoms with Gasteiger partial charge in [0.25, 0.3) is 11.8 Å². The number of aryl methyl sites for hydroxylation is 2. The summed E-state index contributed by atoms with van der Waals surface area (Å²) >= 11 is 0. The van der Waals surface area contributed by atoms with Crippen LogP contribution in [0.3, 0.4) is 0 Å². The summed E-state index contributed by atoms with van der Waals surface area (Å²) in [6.07, 6.45) is 10.4. The van der Waals surface area contributed by atoms with Crippen molar-refractivity contribution in [3.63, 3.8) is 0 Å². The van der Waals surface area contributed by atoms with Gasteiger partial charge in [-0.25, -0.2) is 0 Å². The molecule has 4 aromatic carbocycles. The highest BCUT2D eigenvalue weighted by Crippen LogP contribution is 2.32. The predicted molar refractivity (Wildman–Crippen MR) is 199 cm³/mol. The molecule has 2 aliphatic heterocycles. The van der Waals surface area contributed by atoms with Crippen molar-refractivity contribution in [1.82, 2.24) is 0 Å². The van der Waals surface area contributed by atoms with Gasteiger partial charge >= 0.3 is 0 Å². The van der Waals surface area contributed by atoms with Crippen molar-refractivity contribution in [2.45, 2.75) is 53.9 Å². The molecule has 0 unspecified atom stereocenters. The third-order valence-corrected chi connectivity index (χ3v) is 8.63. The first kappa shape index (κ1) is 33.9. The Morgan fingerprint density at radius 3 is 1.83 bits per heavy atom. The minimum atomic E-state index is -0.138. The number of amides is 3. The standard InChI is InChI=1S/C22H24N2O2.C19H20N2O/c1-4-6-16-7-10-19(15(3)13-16)22(26)23-18-9-8-17-11-12-24(20(17)14-18)21(25)5-2;1-3-4-14-5-8-17(13(2)11-14)19(22)21-16-7-6-15-9-10-20-18(15)12-16/h4,6-10,13-14H,5,11-12H2,1-3H3,(H,23,26);3-8,11-12,20H,9-10H2,1-2H3,(H,21,22)/b6-4+;4-3+. The van der Waals surface area contributed by atoms with Gasteiger partial charge in [-0.05, 0) is 110 Å². The number of benzene rings is 4. The fraction of sp³-hybridized carbons (Fsp3) is 0.244. The molecule has 2 heterocycles. The summed E-state index contributed by atoms with van der Waals surface area (Å²) < 4.78 is 0. The van der Waals surface area contributed by atoms with Crippen LogP contribution in [0.1, 0.15) is 81.3 Å². The van der Waals surface area contributed by atoms with Gasteiger partial charge in [-0.1, -0.05) is 67.6 Å². The Balaban J connectivity index is 0.000000190. The van der Waals surface area contributed by atoms with Crippen molar-refractivity contribution in [3.05, 3.63) is 129 Å². The molecular formula is C41H44N4O3. The number of nitrogens with one attached hydrogen (secondary N) is 3. The highest BCUT2D eigenvalue weighted by atomic mass is 16.2. The molecule has 3 amide bonds. The number of hydrogen-bond acceptors (Lipinski definition) is 4. The van der Waals surface area contributed by atoms with Crippen molar-refractivity contribution >= 4 is 52.6 Å². The van der Waals surface area contributed by atoms with E-state index < -0.39 is 0 Å². The number of carbonyl (C=O) groups is 3. The number of anilines is 4. The molecule has 0 saturated carbocycles. The fourth-order valence-electron chi connectivity index (χ4n) is 6.15. The first-order valence-electron chi connectivity index (χ1n) is 16.6. The van der Waals surface area contributed by atoms with Crippen LogP contribution < -0.4 is 20.9 Å². The lowest BCUT2D eigenvalue weighted by Crippen LogP contribution is -2.27. The van der Waals surface area contributed by atoms with Crippen molar-refractivity contribution in [2.24, 2.45) is 0 Å².